The zero-order valence-electron chi connectivity index (χ0n) is 29.5. The molecule has 1 heterocycles. The molecule has 0 bridgehead atoms. The van der Waals surface area contributed by atoms with Gasteiger partial charge < -0.3 is 9.88 Å². The Hall–Kier alpha value is -7.16. The highest BCUT2D eigenvalue weighted by Gasteiger charge is 2.25. The van der Waals surface area contributed by atoms with Crippen molar-refractivity contribution in [3.05, 3.63) is 200 Å². The van der Waals surface area contributed by atoms with Crippen LogP contribution in [-0.2, 0) is 0 Å². The van der Waals surface area contributed by atoms with Crippen molar-refractivity contribution in [2.24, 2.45) is 0 Å². The van der Waals surface area contributed by atoms with E-state index in [0.29, 0.717) is 0 Å². The highest BCUT2D eigenvalue weighted by molar-refractivity contribution is 6.21. The first-order valence-electron chi connectivity index (χ1n) is 18.6. The third-order valence-corrected chi connectivity index (χ3v) is 11.2. The molecule has 0 amide bonds. The Labute approximate surface area is 314 Å². The minimum absolute atomic E-state index is 1.11. The van der Waals surface area contributed by atoms with E-state index in [4.69, 9.17) is 0 Å². The summed E-state index contributed by atoms with van der Waals surface area (Å²) < 4.78 is 0. The second-order valence-electron chi connectivity index (χ2n) is 14.2. The Bertz CT molecular complexity index is 3000. The normalized spacial score (nSPS) is 11.7. The van der Waals surface area contributed by atoms with Crippen LogP contribution >= 0.6 is 0 Å². The summed E-state index contributed by atoms with van der Waals surface area (Å²) >= 11 is 0. The van der Waals surface area contributed by atoms with Gasteiger partial charge in [-0.15, -0.1) is 0 Å². The summed E-state index contributed by atoms with van der Waals surface area (Å²) in [6.45, 7) is 0. The number of aromatic nitrogens is 1. The van der Waals surface area contributed by atoms with Crippen LogP contribution in [0.5, 0.6) is 0 Å². The highest BCUT2D eigenvalue weighted by atomic mass is 15.1. The van der Waals surface area contributed by atoms with Gasteiger partial charge in [0, 0.05) is 39.1 Å². The van der Waals surface area contributed by atoms with Gasteiger partial charge in [0.1, 0.15) is 0 Å². The Kier molecular flexibility index (Phi) is 6.90. The number of benzene rings is 9. The number of fused-ring (bicyclic) bond motifs is 6. The highest BCUT2D eigenvalue weighted by Crippen LogP contribution is 2.50. The van der Waals surface area contributed by atoms with E-state index in [-0.39, 0.29) is 0 Å². The van der Waals surface area contributed by atoms with E-state index in [1.54, 1.807) is 0 Å². The van der Waals surface area contributed by atoms with E-state index in [0.717, 1.165) is 17.1 Å². The van der Waals surface area contributed by atoms with Crippen LogP contribution < -0.4 is 4.90 Å². The molecular formula is C52H34N2. The van der Waals surface area contributed by atoms with Crippen LogP contribution in [0.25, 0.3) is 88.2 Å². The lowest BCUT2D eigenvalue weighted by atomic mass is 9.97. The predicted octanol–water partition coefficient (Wildman–Crippen LogP) is 14.6. The summed E-state index contributed by atoms with van der Waals surface area (Å²) in [4.78, 5) is 6.11. The molecule has 0 aliphatic heterocycles. The zero-order valence-corrected chi connectivity index (χ0v) is 29.5. The maximum Gasteiger partial charge on any atom is 0.0551 e. The number of nitrogens with one attached hydrogen (secondary N) is 1. The molecule has 1 aromatic heterocycles. The van der Waals surface area contributed by atoms with Crippen molar-refractivity contribution in [1.29, 1.82) is 0 Å². The third-order valence-electron chi connectivity index (χ3n) is 11.2. The van der Waals surface area contributed by atoms with Crippen LogP contribution in [0.2, 0.25) is 0 Å². The van der Waals surface area contributed by atoms with Gasteiger partial charge in [0.25, 0.3) is 0 Å². The van der Waals surface area contributed by atoms with Crippen molar-refractivity contribution in [2.75, 3.05) is 4.90 Å². The van der Waals surface area contributed by atoms with Gasteiger partial charge in [-0.1, -0.05) is 152 Å². The monoisotopic (exact) mass is 686 g/mol. The molecule has 0 radical (unpaired) electrons. The fraction of sp³-hybridized carbons (Fsp3) is 0. The van der Waals surface area contributed by atoms with Crippen LogP contribution in [0.3, 0.4) is 0 Å². The van der Waals surface area contributed by atoms with Gasteiger partial charge in [-0.05, 0) is 109 Å². The standard InChI is InChI=1S/C52H34N2/c1-2-9-34(10-3-1)35-19-26-41(27-20-35)54(43-30-23-38(24-31-43)45-16-6-12-37-11-4-5-15-44(37)45)42-28-21-36(22-29-42)40-25-32-49-48(33-40)51-46-17-7-13-39-14-8-18-47(50(39)46)52(51)53-49/h1-33,53H. The molecular weight excluding hydrogens is 653 g/mol. The van der Waals surface area contributed by atoms with E-state index in [2.05, 4.69) is 210 Å². The zero-order chi connectivity index (χ0) is 35.6. The maximum absolute atomic E-state index is 3.75. The van der Waals surface area contributed by atoms with Crippen LogP contribution in [-0.4, -0.2) is 4.98 Å². The Morgan fingerprint density at radius 1 is 0.333 bits per heavy atom. The topological polar surface area (TPSA) is 19.0 Å². The van der Waals surface area contributed by atoms with E-state index in [1.165, 1.54) is 88.2 Å². The molecule has 10 aromatic rings. The molecule has 54 heavy (non-hydrogen) atoms. The molecule has 0 saturated carbocycles. The Balaban J connectivity index is 0.978. The minimum atomic E-state index is 1.11. The lowest BCUT2D eigenvalue weighted by Crippen LogP contribution is -2.09. The Morgan fingerprint density at radius 2 is 0.852 bits per heavy atom. The predicted molar refractivity (Wildman–Crippen MR) is 229 cm³/mol. The first-order valence-corrected chi connectivity index (χ1v) is 18.6. The number of hydrogen-bond acceptors (Lipinski definition) is 1. The van der Waals surface area contributed by atoms with Crippen LogP contribution in [0.15, 0.2) is 200 Å². The lowest BCUT2D eigenvalue weighted by molar-refractivity contribution is 1.28. The van der Waals surface area contributed by atoms with Gasteiger partial charge in [-0.3, -0.25) is 0 Å². The summed E-state index contributed by atoms with van der Waals surface area (Å²) in [6.07, 6.45) is 0. The van der Waals surface area contributed by atoms with Gasteiger partial charge in [-0.2, -0.15) is 0 Å². The van der Waals surface area contributed by atoms with Crippen molar-refractivity contribution in [2.45, 2.75) is 0 Å². The summed E-state index contributed by atoms with van der Waals surface area (Å²) in [5.74, 6) is 0. The molecule has 11 rings (SSSR count). The molecule has 1 aliphatic rings. The number of aromatic amines is 1. The molecule has 0 saturated heterocycles. The molecule has 0 fully saturated rings. The summed E-state index contributed by atoms with van der Waals surface area (Å²) in [5.41, 5.74) is 16.9. The van der Waals surface area contributed by atoms with Crippen molar-refractivity contribution < 1.29 is 0 Å². The van der Waals surface area contributed by atoms with E-state index in [9.17, 15) is 0 Å². The van der Waals surface area contributed by atoms with Crippen molar-refractivity contribution in [3.63, 3.8) is 0 Å². The fourth-order valence-electron chi connectivity index (χ4n) is 8.56. The minimum Gasteiger partial charge on any atom is -0.354 e. The van der Waals surface area contributed by atoms with Crippen LogP contribution in [0.1, 0.15) is 0 Å². The molecule has 2 nitrogen and oxygen atoms in total. The first kappa shape index (κ1) is 30.5. The van der Waals surface area contributed by atoms with E-state index in [1.807, 2.05) is 0 Å². The third kappa shape index (κ3) is 4.88. The van der Waals surface area contributed by atoms with Crippen molar-refractivity contribution in [1.82, 2.24) is 4.98 Å². The lowest BCUT2D eigenvalue weighted by Gasteiger charge is -2.26. The molecule has 0 spiro atoms. The van der Waals surface area contributed by atoms with Crippen LogP contribution in [0, 0.1) is 0 Å². The first-order chi connectivity index (χ1) is 26.8. The molecule has 1 aliphatic carbocycles. The molecule has 2 heteroatoms. The molecule has 0 unspecified atom stereocenters. The number of rotatable bonds is 6. The van der Waals surface area contributed by atoms with Gasteiger partial charge in [0.15, 0.2) is 0 Å². The molecule has 252 valence electrons. The van der Waals surface area contributed by atoms with Gasteiger partial charge in [-0.25, -0.2) is 0 Å². The van der Waals surface area contributed by atoms with Gasteiger partial charge in [0.2, 0.25) is 0 Å². The van der Waals surface area contributed by atoms with Gasteiger partial charge >= 0.3 is 0 Å². The van der Waals surface area contributed by atoms with E-state index < -0.39 is 0 Å². The summed E-state index contributed by atoms with van der Waals surface area (Å²) in [7, 11) is 0. The maximum atomic E-state index is 3.75. The Morgan fingerprint density at radius 3 is 1.56 bits per heavy atom. The number of anilines is 3. The van der Waals surface area contributed by atoms with Gasteiger partial charge in [0.05, 0.1) is 5.69 Å². The SMILES string of the molecule is c1ccc(-c2ccc(N(c3ccc(-c4ccc5[nH]c6c(c5c4)-c4cccc5cccc-6c45)cc3)c3ccc(-c4cccc5ccccc45)cc3)cc2)cc1. The number of H-pyrrole nitrogens is 1. The fourth-order valence-corrected chi connectivity index (χ4v) is 8.56. The van der Waals surface area contributed by atoms with Crippen molar-refractivity contribution >= 4 is 49.5 Å². The summed E-state index contributed by atoms with van der Waals surface area (Å²) in [5, 5.41) is 6.42. The molecule has 1 N–H and O–H groups in total. The molecule has 9 aromatic carbocycles. The van der Waals surface area contributed by atoms with E-state index >= 15 is 0 Å². The average molecular weight is 687 g/mol. The van der Waals surface area contributed by atoms with Crippen LogP contribution in [0.4, 0.5) is 17.1 Å². The second kappa shape index (κ2) is 12.2. The smallest absolute Gasteiger partial charge is 0.0551 e. The number of nitrogens with zero attached hydrogens (tertiary/aromatic N) is 1. The summed E-state index contributed by atoms with van der Waals surface area (Å²) in [6, 6.07) is 72.7. The second-order valence-corrected chi connectivity index (χ2v) is 14.2. The largest absolute Gasteiger partial charge is 0.354 e. The molecule has 0 atom stereocenters. The van der Waals surface area contributed by atoms with Crippen molar-refractivity contribution in [3.8, 4) is 55.8 Å². The average Bonchev–Trinajstić information content (AvgIpc) is 3.78. The quantitative estimate of drug-likeness (QED) is 0.184. The number of hydrogen-bond donors (Lipinski definition) is 1.